The van der Waals surface area contributed by atoms with Crippen LogP contribution in [0.25, 0.3) is 0 Å². The van der Waals surface area contributed by atoms with E-state index in [0.29, 0.717) is 5.92 Å². The highest BCUT2D eigenvalue weighted by Crippen LogP contribution is 2.47. The van der Waals surface area contributed by atoms with Crippen LogP contribution in [0.15, 0.2) is 22.7 Å². The summed E-state index contributed by atoms with van der Waals surface area (Å²) in [7, 11) is 0. The molecule has 1 N–H and O–H groups in total. The molecule has 1 aromatic carbocycles. The second kappa shape index (κ2) is 4.53. The van der Waals surface area contributed by atoms with Crippen LogP contribution in [0.1, 0.15) is 50.7 Å². The first-order valence-electron chi connectivity index (χ1n) is 6.74. The molecule has 0 aromatic heterocycles. The van der Waals surface area contributed by atoms with Gasteiger partial charge in [0.15, 0.2) is 0 Å². The molecule has 3 atom stereocenters. The van der Waals surface area contributed by atoms with Gasteiger partial charge < -0.3 is 9.84 Å². The fourth-order valence-corrected chi connectivity index (χ4v) is 3.84. The zero-order valence-electron chi connectivity index (χ0n) is 10.7. The Morgan fingerprint density at radius 2 is 2.22 bits per heavy atom. The molecule has 2 aliphatic rings. The summed E-state index contributed by atoms with van der Waals surface area (Å²) >= 11 is 3.47. The van der Waals surface area contributed by atoms with Gasteiger partial charge in [-0.15, -0.1) is 0 Å². The molecule has 3 heteroatoms. The standard InChI is InChI=1S/C15H19BrO2/c1-10-3-2-6-15(8-10)9-13(17)12-5-4-11(16)7-14(12)18-15/h4-5,7,10,13,17H,2-3,6,8-9H2,1H3. The van der Waals surface area contributed by atoms with Gasteiger partial charge in [0.2, 0.25) is 0 Å². The van der Waals surface area contributed by atoms with E-state index in [4.69, 9.17) is 4.74 Å². The van der Waals surface area contributed by atoms with Gasteiger partial charge in [-0.3, -0.25) is 0 Å². The molecule has 1 heterocycles. The predicted molar refractivity (Wildman–Crippen MR) is 74.7 cm³/mol. The van der Waals surface area contributed by atoms with E-state index in [0.717, 1.165) is 35.0 Å². The number of aliphatic hydroxyl groups excluding tert-OH is 1. The third kappa shape index (κ3) is 2.19. The smallest absolute Gasteiger partial charge is 0.127 e. The number of rotatable bonds is 0. The molecule has 0 saturated heterocycles. The molecule has 18 heavy (non-hydrogen) atoms. The summed E-state index contributed by atoms with van der Waals surface area (Å²) in [6.45, 7) is 2.28. The van der Waals surface area contributed by atoms with Crippen molar-refractivity contribution in [2.45, 2.75) is 50.7 Å². The average Bonchev–Trinajstić information content (AvgIpc) is 2.27. The first-order chi connectivity index (χ1) is 8.58. The van der Waals surface area contributed by atoms with Crippen LogP contribution in [-0.2, 0) is 0 Å². The number of aliphatic hydroxyl groups is 1. The summed E-state index contributed by atoms with van der Waals surface area (Å²) in [5.74, 6) is 1.55. The summed E-state index contributed by atoms with van der Waals surface area (Å²) in [6.07, 6.45) is 4.98. The van der Waals surface area contributed by atoms with E-state index in [1.54, 1.807) is 0 Å². The molecule has 1 fully saturated rings. The summed E-state index contributed by atoms with van der Waals surface area (Å²) < 4.78 is 7.30. The van der Waals surface area contributed by atoms with Crippen LogP contribution in [0, 0.1) is 5.92 Å². The predicted octanol–water partition coefficient (Wildman–Crippen LogP) is 4.21. The van der Waals surface area contributed by atoms with Gasteiger partial charge in [0.05, 0.1) is 6.10 Å². The minimum Gasteiger partial charge on any atom is -0.487 e. The largest absolute Gasteiger partial charge is 0.487 e. The molecule has 98 valence electrons. The fraction of sp³-hybridized carbons (Fsp3) is 0.600. The van der Waals surface area contributed by atoms with Crippen molar-refractivity contribution in [1.29, 1.82) is 0 Å². The number of halogens is 1. The summed E-state index contributed by atoms with van der Waals surface area (Å²) in [5, 5.41) is 10.4. The first-order valence-corrected chi connectivity index (χ1v) is 7.54. The van der Waals surface area contributed by atoms with Crippen molar-refractivity contribution >= 4 is 15.9 Å². The number of benzene rings is 1. The lowest BCUT2D eigenvalue weighted by Crippen LogP contribution is -2.44. The molecular weight excluding hydrogens is 292 g/mol. The second-order valence-electron chi connectivity index (χ2n) is 5.89. The van der Waals surface area contributed by atoms with Gasteiger partial charge in [-0.1, -0.05) is 35.3 Å². The van der Waals surface area contributed by atoms with Gasteiger partial charge in [0.25, 0.3) is 0 Å². The van der Waals surface area contributed by atoms with Crippen LogP contribution in [0.3, 0.4) is 0 Å². The SMILES string of the molecule is CC1CCCC2(C1)CC(O)c1ccc(Br)cc1O2. The van der Waals surface area contributed by atoms with Crippen molar-refractivity contribution in [2.24, 2.45) is 5.92 Å². The highest BCUT2D eigenvalue weighted by molar-refractivity contribution is 9.10. The van der Waals surface area contributed by atoms with Crippen molar-refractivity contribution in [3.05, 3.63) is 28.2 Å². The molecule has 1 saturated carbocycles. The molecule has 1 aliphatic heterocycles. The van der Waals surface area contributed by atoms with Crippen LogP contribution in [0.2, 0.25) is 0 Å². The van der Waals surface area contributed by atoms with E-state index < -0.39 is 0 Å². The Balaban J connectivity index is 1.94. The molecule has 0 radical (unpaired) electrons. The lowest BCUT2D eigenvalue weighted by molar-refractivity contribution is -0.0496. The Morgan fingerprint density at radius 1 is 1.39 bits per heavy atom. The molecular formula is C15H19BrO2. The van der Waals surface area contributed by atoms with Crippen LogP contribution in [0.5, 0.6) is 5.75 Å². The lowest BCUT2D eigenvalue weighted by Gasteiger charge is -2.45. The third-order valence-corrected chi connectivity index (χ3v) is 4.77. The molecule has 1 aromatic rings. The van der Waals surface area contributed by atoms with Gasteiger partial charge in [-0.25, -0.2) is 0 Å². The third-order valence-electron chi connectivity index (χ3n) is 4.28. The molecule has 1 spiro atoms. The quantitative estimate of drug-likeness (QED) is 0.777. The van der Waals surface area contributed by atoms with E-state index in [1.165, 1.54) is 12.8 Å². The number of hydrogen-bond donors (Lipinski definition) is 1. The van der Waals surface area contributed by atoms with Gasteiger partial charge in [-0.2, -0.15) is 0 Å². The maximum atomic E-state index is 10.4. The summed E-state index contributed by atoms with van der Waals surface area (Å²) in [6, 6.07) is 5.91. The maximum Gasteiger partial charge on any atom is 0.127 e. The molecule has 3 rings (SSSR count). The zero-order valence-corrected chi connectivity index (χ0v) is 12.2. The Hall–Kier alpha value is -0.540. The zero-order chi connectivity index (χ0) is 12.8. The lowest BCUT2D eigenvalue weighted by atomic mass is 9.74. The number of ether oxygens (including phenoxy) is 1. The minimum atomic E-state index is -0.382. The van der Waals surface area contributed by atoms with Crippen LogP contribution < -0.4 is 4.74 Å². The Labute approximate surface area is 116 Å². The molecule has 2 nitrogen and oxygen atoms in total. The van der Waals surface area contributed by atoms with Crippen molar-refractivity contribution in [2.75, 3.05) is 0 Å². The number of fused-ring (bicyclic) bond motifs is 1. The topological polar surface area (TPSA) is 29.5 Å². The van der Waals surface area contributed by atoms with Gasteiger partial charge in [0, 0.05) is 16.5 Å². The Morgan fingerprint density at radius 3 is 3.00 bits per heavy atom. The van der Waals surface area contributed by atoms with Gasteiger partial charge >= 0.3 is 0 Å². The molecule has 3 unspecified atom stereocenters. The Bertz CT molecular complexity index is 460. The van der Waals surface area contributed by atoms with Crippen molar-refractivity contribution in [3.63, 3.8) is 0 Å². The molecule has 1 aliphatic carbocycles. The van der Waals surface area contributed by atoms with Crippen LogP contribution in [-0.4, -0.2) is 10.7 Å². The van der Waals surface area contributed by atoms with E-state index in [-0.39, 0.29) is 11.7 Å². The fourth-order valence-electron chi connectivity index (χ4n) is 3.50. The minimum absolute atomic E-state index is 0.134. The average molecular weight is 311 g/mol. The van der Waals surface area contributed by atoms with E-state index in [9.17, 15) is 5.11 Å². The van der Waals surface area contributed by atoms with Crippen molar-refractivity contribution in [3.8, 4) is 5.75 Å². The van der Waals surface area contributed by atoms with E-state index in [1.807, 2.05) is 18.2 Å². The first kappa shape index (κ1) is 12.5. The second-order valence-corrected chi connectivity index (χ2v) is 6.80. The maximum absolute atomic E-state index is 10.4. The van der Waals surface area contributed by atoms with E-state index in [2.05, 4.69) is 22.9 Å². The van der Waals surface area contributed by atoms with Crippen LogP contribution >= 0.6 is 15.9 Å². The van der Waals surface area contributed by atoms with Crippen molar-refractivity contribution < 1.29 is 9.84 Å². The highest BCUT2D eigenvalue weighted by Gasteiger charge is 2.43. The van der Waals surface area contributed by atoms with Gasteiger partial charge in [-0.05, 0) is 37.3 Å². The van der Waals surface area contributed by atoms with Gasteiger partial charge in [0.1, 0.15) is 11.4 Å². The highest BCUT2D eigenvalue weighted by atomic mass is 79.9. The van der Waals surface area contributed by atoms with E-state index >= 15 is 0 Å². The molecule has 0 amide bonds. The summed E-state index contributed by atoms with van der Waals surface area (Å²) in [5.41, 5.74) is 0.798. The Kier molecular flexibility index (Phi) is 3.15. The number of hydrogen-bond acceptors (Lipinski definition) is 2. The normalized spacial score (nSPS) is 35.1. The van der Waals surface area contributed by atoms with Crippen LogP contribution in [0.4, 0.5) is 0 Å². The molecule has 0 bridgehead atoms. The van der Waals surface area contributed by atoms with Crippen molar-refractivity contribution in [1.82, 2.24) is 0 Å². The monoisotopic (exact) mass is 310 g/mol. The summed E-state index contributed by atoms with van der Waals surface area (Å²) in [4.78, 5) is 0.